The molecule has 2 heterocycles. The zero-order valence-electron chi connectivity index (χ0n) is 13.8. The average molecular weight is 341 g/mol. The second-order valence-corrected chi connectivity index (χ2v) is 5.66. The lowest BCUT2D eigenvalue weighted by Gasteiger charge is -2.05. The van der Waals surface area contributed by atoms with E-state index in [4.69, 9.17) is 0 Å². The molecular formula is C20H15N5O. The number of rotatable bonds is 4. The van der Waals surface area contributed by atoms with Crippen LogP contribution in [0, 0.1) is 0 Å². The molecule has 0 radical (unpaired) electrons. The van der Waals surface area contributed by atoms with E-state index >= 15 is 0 Å². The molecule has 0 unspecified atom stereocenters. The first kappa shape index (κ1) is 15.7. The van der Waals surface area contributed by atoms with Crippen LogP contribution < -0.4 is 5.32 Å². The molecule has 0 spiro atoms. The number of aromatic nitrogens is 4. The van der Waals surface area contributed by atoms with Gasteiger partial charge in [0.15, 0.2) is 5.65 Å². The monoisotopic (exact) mass is 341 g/mol. The molecule has 0 atom stereocenters. The van der Waals surface area contributed by atoms with Gasteiger partial charge in [0.25, 0.3) is 0 Å². The molecule has 0 aliphatic carbocycles. The Hall–Kier alpha value is -3.80. The average Bonchev–Trinajstić information content (AvgIpc) is 3.16. The van der Waals surface area contributed by atoms with E-state index < -0.39 is 0 Å². The van der Waals surface area contributed by atoms with Crippen LogP contribution in [0.2, 0.25) is 0 Å². The number of amides is 1. The van der Waals surface area contributed by atoms with Crippen molar-refractivity contribution in [3.05, 3.63) is 84.7 Å². The summed E-state index contributed by atoms with van der Waals surface area (Å²) in [7, 11) is 0. The molecular weight excluding hydrogens is 326 g/mol. The lowest BCUT2D eigenvalue weighted by Crippen LogP contribution is -2.07. The molecule has 0 bridgehead atoms. The zero-order chi connectivity index (χ0) is 17.8. The van der Waals surface area contributed by atoms with Crippen LogP contribution in [0.4, 0.5) is 5.69 Å². The van der Waals surface area contributed by atoms with Gasteiger partial charge in [-0.15, -0.1) is 10.2 Å². The summed E-state index contributed by atoms with van der Waals surface area (Å²) in [5.74, 6) is -0.175. The molecule has 6 nitrogen and oxygen atoms in total. The van der Waals surface area contributed by atoms with Crippen LogP contribution in [0.25, 0.3) is 23.0 Å². The van der Waals surface area contributed by atoms with Gasteiger partial charge in [-0.1, -0.05) is 42.5 Å². The van der Waals surface area contributed by atoms with Gasteiger partial charge >= 0.3 is 0 Å². The first-order valence-corrected chi connectivity index (χ1v) is 8.09. The molecule has 6 heteroatoms. The number of hydrogen-bond acceptors (Lipinski definition) is 4. The molecule has 0 saturated heterocycles. The van der Waals surface area contributed by atoms with Crippen LogP contribution in [-0.2, 0) is 4.79 Å². The van der Waals surface area contributed by atoms with Crippen molar-refractivity contribution in [3.8, 4) is 11.3 Å². The summed E-state index contributed by atoms with van der Waals surface area (Å²) in [6.45, 7) is 0. The number of benzene rings is 2. The first-order chi connectivity index (χ1) is 12.8. The Morgan fingerprint density at radius 1 is 0.962 bits per heavy atom. The van der Waals surface area contributed by atoms with Crippen molar-refractivity contribution in [1.82, 2.24) is 19.8 Å². The number of nitrogens with one attached hydrogen (secondary N) is 1. The molecule has 2 aromatic carbocycles. The molecule has 0 saturated carbocycles. The Morgan fingerprint density at radius 3 is 2.58 bits per heavy atom. The maximum Gasteiger partial charge on any atom is 0.248 e. The highest BCUT2D eigenvalue weighted by Gasteiger charge is 2.04. The lowest BCUT2D eigenvalue weighted by atomic mass is 10.1. The van der Waals surface area contributed by atoms with Gasteiger partial charge in [-0.3, -0.25) is 4.79 Å². The Kier molecular flexibility index (Phi) is 4.22. The minimum atomic E-state index is -0.175. The normalized spacial score (nSPS) is 11.1. The number of fused-ring (bicyclic) bond motifs is 1. The van der Waals surface area contributed by atoms with Gasteiger partial charge in [-0.2, -0.15) is 9.61 Å². The van der Waals surface area contributed by atoms with Crippen molar-refractivity contribution in [1.29, 1.82) is 0 Å². The van der Waals surface area contributed by atoms with E-state index in [9.17, 15) is 4.79 Å². The second kappa shape index (κ2) is 6.98. The van der Waals surface area contributed by atoms with E-state index in [1.165, 1.54) is 6.08 Å². The van der Waals surface area contributed by atoms with Crippen molar-refractivity contribution in [2.75, 3.05) is 5.32 Å². The first-order valence-electron chi connectivity index (χ1n) is 8.09. The highest BCUT2D eigenvalue weighted by Crippen LogP contribution is 2.19. The van der Waals surface area contributed by atoms with Crippen molar-refractivity contribution in [2.24, 2.45) is 0 Å². The van der Waals surface area contributed by atoms with Crippen LogP contribution >= 0.6 is 0 Å². The van der Waals surface area contributed by atoms with Crippen molar-refractivity contribution < 1.29 is 4.79 Å². The van der Waals surface area contributed by atoms with E-state index in [1.807, 2.05) is 66.7 Å². The Morgan fingerprint density at radius 2 is 1.77 bits per heavy atom. The summed E-state index contributed by atoms with van der Waals surface area (Å²) in [5, 5.41) is 15.1. The van der Waals surface area contributed by atoms with Crippen molar-refractivity contribution in [2.45, 2.75) is 0 Å². The summed E-state index contributed by atoms with van der Waals surface area (Å²) >= 11 is 0. The number of nitrogens with zero attached hydrogens (tertiary/aromatic N) is 4. The Labute approximate surface area is 149 Å². The molecule has 2 aromatic heterocycles. The van der Waals surface area contributed by atoms with Crippen molar-refractivity contribution in [3.63, 3.8) is 0 Å². The molecule has 4 aromatic rings. The topological polar surface area (TPSA) is 72.2 Å². The van der Waals surface area contributed by atoms with E-state index in [2.05, 4.69) is 20.6 Å². The third-order valence-electron chi connectivity index (χ3n) is 3.84. The minimum absolute atomic E-state index is 0.175. The summed E-state index contributed by atoms with van der Waals surface area (Å²) in [4.78, 5) is 12.0. The molecule has 1 N–H and O–H groups in total. The molecule has 0 fully saturated rings. The van der Waals surface area contributed by atoms with Gasteiger partial charge in [0, 0.05) is 17.3 Å². The van der Waals surface area contributed by atoms with Crippen molar-refractivity contribution >= 4 is 23.3 Å². The SMILES string of the molecule is O=C(/C=C/c1ccccc1)Nc1ccc(-c2ccc3nncn3n2)cc1. The van der Waals surface area contributed by atoms with E-state index in [0.29, 0.717) is 5.65 Å². The Balaban J connectivity index is 1.45. The number of carbonyl (C=O) groups excluding carboxylic acids is 1. The molecule has 0 aliphatic rings. The fourth-order valence-electron chi connectivity index (χ4n) is 2.53. The Bertz CT molecular complexity index is 1070. The maximum atomic E-state index is 12.0. The van der Waals surface area contributed by atoms with Crippen LogP contribution in [0.15, 0.2) is 79.1 Å². The molecule has 126 valence electrons. The zero-order valence-corrected chi connectivity index (χ0v) is 13.8. The van der Waals surface area contributed by atoms with Gasteiger partial charge in [-0.05, 0) is 35.9 Å². The minimum Gasteiger partial charge on any atom is -0.323 e. The van der Waals surface area contributed by atoms with Gasteiger partial charge in [-0.25, -0.2) is 0 Å². The molecule has 4 rings (SSSR count). The molecule has 1 amide bonds. The largest absolute Gasteiger partial charge is 0.323 e. The van der Waals surface area contributed by atoms with Crippen LogP contribution in [0.5, 0.6) is 0 Å². The number of hydrogen-bond donors (Lipinski definition) is 1. The van der Waals surface area contributed by atoms with E-state index in [0.717, 1.165) is 22.5 Å². The highest BCUT2D eigenvalue weighted by molar-refractivity contribution is 6.02. The van der Waals surface area contributed by atoms with Gasteiger partial charge < -0.3 is 5.32 Å². The standard InChI is InChI=1S/C20H15N5O/c26-20(13-6-15-4-2-1-3-5-15)22-17-9-7-16(8-10-17)18-11-12-19-23-21-14-25(19)24-18/h1-14H,(H,22,26)/b13-6+. The quantitative estimate of drug-likeness (QED) is 0.577. The highest BCUT2D eigenvalue weighted by atomic mass is 16.1. The summed E-state index contributed by atoms with van der Waals surface area (Å²) in [6.07, 6.45) is 4.86. The van der Waals surface area contributed by atoms with Gasteiger partial charge in [0.05, 0.1) is 5.69 Å². The smallest absolute Gasteiger partial charge is 0.248 e. The predicted molar refractivity (Wildman–Crippen MR) is 100 cm³/mol. The lowest BCUT2D eigenvalue weighted by molar-refractivity contribution is -0.111. The second-order valence-electron chi connectivity index (χ2n) is 5.66. The van der Waals surface area contributed by atoms with Crippen LogP contribution in [0.1, 0.15) is 5.56 Å². The fourth-order valence-corrected chi connectivity index (χ4v) is 2.53. The van der Waals surface area contributed by atoms with Gasteiger partial charge in [0.1, 0.15) is 6.33 Å². The predicted octanol–water partition coefficient (Wildman–Crippen LogP) is 3.44. The summed E-state index contributed by atoms with van der Waals surface area (Å²) < 4.78 is 1.62. The third kappa shape index (κ3) is 3.49. The number of anilines is 1. The maximum absolute atomic E-state index is 12.0. The molecule has 0 aliphatic heterocycles. The third-order valence-corrected chi connectivity index (χ3v) is 3.84. The summed E-state index contributed by atoms with van der Waals surface area (Å²) in [5.41, 5.74) is 4.15. The van der Waals surface area contributed by atoms with E-state index in [-0.39, 0.29) is 5.91 Å². The van der Waals surface area contributed by atoms with Crippen LogP contribution in [-0.4, -0.2) is 25.7 Å². The van der Waals surface area contributed by atoms with Gasteiger partial charge in [0.2, 0.25) is 5.91 Å². The summed E-state index contributed by atoms with van der Waals surface area (Å²) in [6, 6.07) is 21.0. The number of carbonyl (C=O) groups is 1. The molecule has 26 heavy (non-hydrogen) atoms. The fraction of sp³-hybridized carbons (Fsp3) is 0. The van der Waals surface area contributed by atoms with Crippen LogP contribution in [0.3, 0.4) is 0 Å². The van der Waals surface area contributed by atoms with E-state index in [1.54, 1.807) is 16.9 Å².